The number of hydrogen-bond acceptors (Lipinski definition) is 3. The molecule has 5 heteroatoms. The maximum absolute atomic E-state index is 12.6. The topological polar surface area (TPSA) is 46.6 Å². The molecule has 0 unspecified atom stereocenters. The molecular weight excluding hydrogens is 346 g/mol. The smallest absolute Gasteiger partial charge is 0.337 e. The highest BCUT2D eigenvalue weighted by Crippen LogP contribution is 2.19. The van der Waals surface area contributed by atoms with Crippen LogP contribution in [0.3, 0.4) is 0 Å². The van der Waals surface area contributed by atoms with Crippen molar-refractivity contribution < 1.29 is 14.3 Å². The second-order valence-corrected chi connectivity index (χ2v) is 5.34. The molecule has 0 atom stereocenters. The lowest BCUT2D eigenvalue weighted by Gasteiger charge is -2.22. The summed E-state index contributed by atoms with van der Waals surface area (Å²) in [5.74, 6) is -0.473. The van der Waals surface area contributed by atoms with Crippen molar-refractivity contribution in [1.82, 2.24) is 0 Å². The predicted molar refractivity (Wildman–Crippen MR) is 89.7 cm³/mol. The number of nitrogens with zero attached hydrogens (tertiary/aromatic N) is 1. The molecule has 2 aromatic carbocycles. The number of amides is 1. The van der Waals surface area contributed by atoms with Crippen LogP contribution in [-0.2, 0) is 4.74 Å². The van der Waals surface area contributed by atoms with Gasteiger partial charge in [0.1, 0.15) is 0 Å². The highest BCUT2D eigenvalue weighted by atomic mass is 79.9. The van der Waals surface area contributed by atoms with Gasteiger partial charge < -0.3 is 9.64 Å². The van der Waals surface area contributed by atoms with Crippen molar-refractivity contribution in [3.63, 3.8) is 0 Å². The number of alkyl halides is 1. The Hall–Kier alpha value is -2.14. The molecule has 0 saturated carbocycles. The zero-order valence-corrected chi connectivity index (χ0v) is 13.7. The average Bonchev–Trinajstić information content (AvgIpc) is 2.59. The van der Waals surface area contributed by atoms with Gasteiger partial charge in [-0.2, -0.15) is 0 Å². The Bertz CT molecular complexity index is 641. The van der Waals surface area contributed by atoms with Gasteiger partial charge in [0.25, 0.3) is 5.91 Å². The number of esters is 1. The lowest BCUT2D eigenvalue weighted by molar-refractivity contribution is 0.0600. The van der Waals surface area contributed by atoms with Gasteiger partial charge in [0.05, 0.1) is 12.7 Å². The van der Waals surface area contributed by atoms with Crippen LogP contribution in [0.2, 0.25) is 0 Å². The van der Waals surface area contributed by atoms with E-state index in [1.807, 2.05) is 18.2 Å². The summed E-state index contributed by atoms with van der Waals surface area (Å²) in [6.45, 7) is 0.533. The van der Waals surface area contributed by atoms with Crippen molar-refractivity contribution in [2.75, 3.05) is 23.9 Å². The second kappa shape index (κ2) is 7.75. The number of ether oxygens (including phenoxy) is 1. The zero-order chi connectivity index (χ0) is 15.9. The van der Waals surface area contributed by atoms with Gasteiger partial charge in [-0.3, -0.25) is 4.79 Å². The molecule has 0 aliphatic rings. The van der Waals surface area contributed by atoms with Gasteiger partial charge in [0, 0.05) is 23.1 Å². The van der Waals surface area contributed by atoms with Crippen LogP contribution in [0.5, 0.6) is 0 Å². The van der Waals surface area contributed by atoms with E-state index >= 15 is 0 Å². The molecule has 4 nitrogen and oxygen atoms in total. The van der Waals surface area contributed by atoms with Crippen LogP contribution < -0.4 is 4.90 Å². The van der Waals surface area contributed by atoms with Gasteiger partial charge in [-0.25, -0.2) is 4.79 Å². The molecule has 0 saturated heterocycles. The maximum atomic E-state index is 12.6. The number of hydrogen-bond donors (Lipinski definition) is 0. The first-order chi connectivity index (χ1) is 10.7. The van der Waals surface area contributed by atoms with Crippen LogP contribution in [0.4, 0.5) is 5.69 Å². The molecule has 0 fully saturated rings. The molecular formula is C17H16BrNO3. The number of methoxy groups -OCH3 is 1. The number of benzene rings is 2. The molecule has 22 heavy (non-hydrogen) atoms. The van der Waals surface area contributed by atoms with Gasteiger partial charge in [-0.15, -0.1) is 0 Å². The molecule has 0 bridgehead atoms. The third-order valence-corrected chi connectivity index (χ3v) is 3.53. The molecule has 0 heterocycles. The zero-order valence-electron chi connectivity index (χ0n) is 12.2. The summed E-state index contributed by atoms with van der Waals surface area (Å²) < 4.78 is 4.67. The first kappa shape index (κ1) is 16.2. The lowest BCUT2D eigenvalue weighted by Crippen LogP contribution is -2.32. The maximum Gasteiger partial charge on any atom is 0.337 e. The van der Waals surface area contributed by atoms with Gasteiger partial charge >= 0.3 is 5.97 Å². The predicted octanol–water partition coefficient (Wildman–Crippen LogP) is 3.51. The monoisotopic (exact) mass is 361 g/mol. The first-order valence-corrected chi connectivity index (χ1v) is 7.90. The molecule has 0 radical (unpaired) electrons. The number of carbonyl (C=O) groups excluding carboxylic acids is 2. The van der Waals surface area contributed by atoms with Crippen LogP contribution >= 0.6 is 15.9 Å². The SMILES string of the molecule is COC(=O)c1ccc(N(CCBr)C(=O)c2ccccc2)cc1. The Morgan fingerprint density at radius 2 is 1.64 bits per heavy atom. The average molecular weight is 362 g/mol. The third-order valence-electron chi connectivity index (χ3n) is 3.17. The van der Waals surface area contributed by atoms with E-state index in [4.69, 9.17) is 0 Å². The molecule has 114 valence electrons. The highest BCUT2D eigenvalue weighted by molar-refractivity contribution is 9.09. The van der Waals surface area contributed by atoms with Gasteiger partial charge in [-0.1, -0.05) is 34.1 Å². The molecule has 0 aliphatic carbocycles. The van der Waals surface area contributed by atoms with Crippen LogP contribution in [0.25, 0.3) is 0 Å². The number of anilines is 1. The number of carbonyl (C=O) groups is 2. The fourth-order valence-electron chi connectivity index (χ4n) is 2.06. The molecule has 1 amide bonds. The summed E-state index contributed by atoms with van der Waals surface area (Å²) in [6.07, 6.45) is 0. The normalized spacial score (nSPS) is 10.1. The van der Waals surface area contributed by atoms with Crippen LogP contribution in [0.1, 0.15) is 20.7 Å². The minimum absolute atomic E-state index is 0.0779. The highest BCUT2D eigenvalue weighted by Gasteiger charge is 2.17. The number of rotatable bonds is 5. The minimum Gasteiger partial charge on any atom is -0.465 e. The van der Waals surface area contributed by atoms with Crippen molar-refractivity contribution in [3.8, 4) is 0 Å². The Labute approximate surface area is 137 Å². The molecule has 0 spiro atoms. The fourth-order valence-corrected chi connectivity index (χ4v) is 2.42. The first-order valence-electron chi connectivity index (χ1n) is 6.78. The second-order valence-electron chi connectivity index (χ2n) is 4.55. The van der Waals surface area contributed by atoms with E-state index in [1.54, 1.807) is 41.3 Å². The number of halogens is 1. The molecule has 0 aliphatic heterocycles. The molecule has 0 N–H and O–H groups in total. The third kappa shape index (κ3) is 3.74. The summed E-state index contributed by atoms with van der Waals surface area (Å²) >= 11 is 3.37. The summed E-state index contributed by atoms with van der Waals surface area (Å²) in [4.78, 5) is 25.8. The Morgan fingerprint density at radius 3 is 2.18 bits per heavy atom. The Morgan fingerprint density at radius 1 is 1.00 bits per heavy atom. The molecule has 2 rings (SSSR count). The summed E-state index contributed by atoms with van der Waals surface area (Å²) in [5, 5.41) is 0.657. The van der Waals surface area contributed by atoms with E-state index in [-0.39, 0.29) is 5.91 Å². The van der Waals surface area contributed by atoms with E-state index in [0.717, 1.165) is 5.69 Å². The van der Waals surface area contributed by atoms with E-state index in [1.165, 1.54) is 7.11 Å². The van der Waals surface area contributed by atoms with Crippen molar-refractivity contribution in [2.24, 2.45) is 0 Å². The Kier molecular flexibility index (Phi) is 5.72. The lowest BCUT2D eigenvalue weighted by atomic mass is 10.1. The van der Waals surface area contributed by atoms with Crippen molar-refractivity contribution in [3.05, 3.63) is 65.7 Å². The largest absolute Gasteiger partial charge is 0.465 e. The van der Waals surface area contributed by atoms with Crippen molar-refractivity contribution in [1.29, 1.82) is 0 Å². The standard InChI is InChI=1S/C17H16BrNO3/c1-22-17(21)14-7-9-15(10-8-14)19(12-11-18)16(20)13-5-3-2-4-6-13/h2-10H,11-12H2,1H3. The van der Waals surface area contributed by atoms with Gasteiger partial charge in [0.2, 0.25) is 0 Å². The van der Waals surface area contributed by atoms with E-state index in [2.05, 4.69) is 20.7 Å². The van der Waals surface area contributed by atoms with Crippen LogP contribution in [0.15, 0.2) is 54.6 Å². The van der Waals surface area contributed by atoms with Crippen LogP contribution in [-0.4, -0.2) is 30.9 Å². The quantitative estimate of drug-likeness (QED) is 0.604. The van der Waals surface area contributed by atoms with E-state index in [9.17, 15) is 9.59 Å². The van der Waals surface area contributed by atoms with Gasteiger partial charge in [0.15, 0.2) is 0 Å². The van der Waals surface area contributed by atoms with Crippen LogP contribution in [0, 0.1) is 0 Å². The van der Waals surface area contributed by atoms with Crippen molar-refractivity contribution >= 4 is 33.5 Å². The Balaban J connectivity index is 2.28. The van der Waals surface area contributed by atoms with Crippen molar-refractivity contribution in [2.45, 2.75) is 0 Å². The summed E-state index contributed by atoms with van der Waals surface area (Å²) in [5.41, 5.74) is 1.82. The fraction of sp³-hybridized carbons (Fsp3) is 0.176. The van der Waals surface area contributed by atoms with E-state index in [0.29, 0.717) is 23.0 Å². The molecule has 2 aromatic rings. The summed E-state index contributed by atoms with van der Waals surface area (Å²) in [6, 6.07) is 15.9. The minimum atomic E-state index is -0.395. The van der Waals surface area contributed by atoms with Gasteiger partial charge in [-0.05, 0) is 36.4 Å². The molecule has 0 aromatic heterocycles. The van der Waals surface area contributed by atoms with E-state index < -0.39 is 5.97 Å². The summed E-state index contributed by atoms with van der Waals surface area (Å²) in [7, 11) is 1.34.